The summed E-state index contributed by atoms with van der Waals surface area (Å²) in [6, 6.07) is 0. The topological polar surface area (TPSA) is 118 Å². The monoisotopic (exact) mass is 277 g/mol. The first kappa shape index (κ1) is 22.5. The van der Waals surface area contributed by atoms with E-state index in [0.717, 1.165) is 18.7 Å². The van der Waals surface area contributed by atoms with Crippen molar-refractivity contribution in [2.75, 3.05) is 32.8 Å². The normalized spacial score (nSPS) is 8.42. The van der Waals surface area contributed by atoms with Crippen molar-refractivity contribution in [2.24, 2.45) is 0 Å². The van der Waals surface area contributed by atoms with Gasteiger partial charge in [0.1, 0.15) is 0 Å². The zero-order valence-corrected chi connectivity index (χ0v) is 11.2. The molecule has 7 nitrogen and oxygen atoms in total. The maximum absolute atomic E-state index is 9.25. The molecule has 7 heteroatoms. The molecule has 19 heavy (non-hydrogen) atoms. The largest absolute Gasteiger partial charge is 0.478 e. The van der Waals surface area contributed by atoms with Crippen LogP contribution < -0.4 is 0 Å². The van der Waals surface area contributed by atoms with Crippen molar-refractivity contribution in [3.05, 3.63) is 25.3 Å². The van der Waals surface area contributed by atoms with E-state index >= 15 is 0 Å². The molecule has 0 heterocycles. The van der Waals surface area contributed by atoms with E-state index in [4.69, 9.17) is 20.4 Å². The van der Waals surface area contributed by atoms with Gasteiger partial charge in [-0.3, -0.25) is 4.90 Å². The number of likely N-dealkylation sites (N-methyl/N-ethyl adjacent to an activating group) is 1. The summed E-state index contributed by atoms with van der Waals surface area (Å²) in [6.45, 7) is 10.5. The summed E-state index contributed by atoms with van der Waals surface area (Å²) in [5.41, 5.74) is 0. The minimum Gasteiger partial charge on any atom is -0.478 e. The lowest BCUT2D eigenvalue weighted by atomic mass is 10.5. The molecule has 112 valence electrons. The van der Waals surface area contributed by atoms with E-state index < -0.39 is 11.9 Å². The van der Waals surface area contributed by atoms with Gasteiger partial charge in [-0.05, 0) is 6.54 Å². The van der Waals surface area contributed by atoms with Crippen molar-refractivity contribution in [3.63, 3.8) is 0 Å². The van der Waals surface area contributed by atoms with Gasteiger partial charge in [-0.1, -0.05) is 20.1 Å². The number of rotatable bonds is 7. The Bertz CT molecular complexity index is 231. The zero-order chi connectivity index (χ0) is 15.7. The highest BCUT2D eigenvalue weighted by Crippen LogP contribution is 1.83. The first-order valence-electron chi connectivity index (χ1n) is 5.54. The maximum atomic E-state index is 9.25. The summed E-state index contributed by atoms with van der Waals surface area (Å²) in [6.07, 6.45) is 1.67. The molecular weight excluding hydrogens is 254 g/mol. The number of aliphatic hydroxyl groups is 2. The Labute approximate surface area is 113 Å². The van der Waals surface area contributed by atoms with Crippen LogP contribution in [0.25, 0.3) is 0 Å². The Morgan fingerprint density at radius 1 is 1.00 bits per heavy atom. The standard InChI is InChI=1S/C6H15NO2.2C3H4O2/c1-2-7(3-5-8)4-6-9;2*1-2-3(4)5/h8-9H,2-6H2,1H3;2*2H,1H2,(H,4,5). The minimum absolute atomic E-state index is 0.174. The van der Waals surface area contributed by atoms with Gasteiger partial charge in [0.25, 0.3) is 0 Å². The maximum Gasteiger partial charge on any atom is 0.327 e. The SMILES string of the molecule is C=CC(=O)O.C=CC(=O)O.CCN(CCO)CCO. The van der Waals surface area contributed by atoms with Gasteiger partial charge in [0.2, 0.25) is 0 Å². The van der Waals surface area contributed by atoms with Crippen LogP contribution in [0.5, 0.6) is 0 Å². The van der Waals surface area contributed by atoms with E-state index in [-0.39, 0.29) is 13.2 Å². The van der Waals surface area contributed by atoms with Crippen molar-refractivity contribution in [2.45, 2.75) is 6.92 Å². The first-order chi connectivity index (χ1) is 8.89. The molecule has 0 aliphatic carbocycles. The van der Waals surface area contributed by atoms with E-state index in [1.807, 2.05) is 11.8 Å². The van der Waals surface area contributed by atoms with Gasteiger partial charge in [0.05, 0.1) is 13.2 Å². The van der Waals surface area contributed by atoms with Crippen molar-refractivity contribution >= 4 is 11.9 Å². The zero-order valence-electron chi connectivity index (χ0n) is 11.2. The molecule has 0 aliphatic rings. The Balaban J connectivity index is -0.000000219. The molecule has 0 rings (SSSR count). The second-order valence-corrected chi connectivity index (χ2v) is 2.97. The fourth-order valence-electron chi connectivity index (χ4n) is 0.711. The molecule has 0 aromatic rings. The van der Waals surface area contributed by atoms with E-state index in [1.165, 1.54) is 0 Å². The van der Waals surface area contributed by atoms with Crippen LogP contribution in [0.3, 0.4) is 0 Å². The molecule has 4 N–H and O–H groups in total. The average Bonchev–Trinajstić information content (AvgIpc) is 2.39. The summed E-state index contributed by atoms with van der Waals surface area (Å²) in [7, 11) is 0. The number of carbonyl (C=O) groups is 2. The number of carboxylic acids is 2. The molecule has 0 atom stereocenters. The van der Waals surface area contributed by atoms with Crippen LogP contribution in [-0.2, 0) is 9.59 Å². The fourth-order valence-corrected chi connectivity index (χ4v) is 0.711. The molecular formula is C12H23NO6. The minimum atomic E-state index is -0.981. The number of carboxylic acid groups (broad SMARTS) is 2. The molecule has 0 spiro atoms. The van der Waals surface area contributed by atoms with E-state index in [9.17, 15) is 9.59 Å². The molecule has 0 saturated carbocycles. The quantitative estimate of drug-likeness (QED) is 0.476. The Morgan fingerprint density at radius 3 is 1.37 bits per heavy atom. The third kappa shape index (κ3) is 31.4. The predicted molar refractivity (Wildman–Crippen MR) is 72.0 cm³/mol. The first-order valence-corrected chi connectivity index (χ1v) is 5.54. The van der Waals surface area contributed by atoms with Crippen LogP contribution in [0.2, 0.25) is 0 Å². The van der Waals surface area contributed by atoms with Gasteiger partial charge in [-0.25, -0.2) is 9.59 Å². The van der Waals surface area contributed by atoms with Crippen LogP contribution in [-0.4, -0.2) is 70.1 Å². The highest BCUT2D eigenvalue weighted by atomic mass is 16.4. The van der Waals surface area contributed by atoms with Gasteiger partial charge in [-0.2, -0.15) is 0 Å². The van der Waals surface area contributed by atoms with Crippen molar-refractivity contribution < 1.29 is 30.0 Å². The van der Waals surface area contributed by atoms with Crippen LogP contribution >= 0.6 is 0 Å². The van der Waals surface area contributed by atoms with Gasteiger partial charge >= 0.3 is 11.9 Å². The lowest BCUT2D eigenvalue weighted by molar-refractivity contribution is -0.132. The lowest BCUT2D eigenvalue weighted by Crippen LogP contribution is -2.29. The number of hydrogen-bond donors (Lipinski definition) is 4. The fraction of sp³-hybridized carbons (Fsp3) is 0.500. The highest BCUT2D eigenvalue weighted by molar-refractivity contribution is 5.79. The average molecular weight is 277 g/mol. The van der Waals surface area contributed by atoms with Gasteiger partial charge in [0.15, 0.2) is 0 Å². The number of aliphatic carboxylic acids is 2. The smallest absolute Gasteiger partial charge is 0.327 e. The molecule has 0 bridgehead atoms. The molecule has 0 amide bonds. The second kappa shape index (κ2) is 18.7. The summed E-state index contributed by atoms with van der Waals surface area (Å²) < 4.78 is 0. The molecule has 0 aliphatic heterocycles. The Kier molecular flexibility index (Phi) is 22.1. The summed E-state index contributed by atoms with van der Waals surface area (Å²) >= 11 is 0. The third-order valence-corrected chi connectivity index (χ3v) is 1.63. The van der Waals surface area contributed by atoms with E-state index in [2.05, 4.69) is 13.2 Å². The highest BCUT2D eigenvalue weighted by Gasteiger charge is 1.97. The third-order valence-electron chi connectivity index (χ3n) is 1.63. The second-order valence-electron chi connectivity index (χ2n) is 2.97. The summed E-state index contributed by atoms with van der Waals surface area (Å²) in [4.78, 5) is 20.5. The molecule has 0 radical (unpaired) electrons. The van der Waals surface area contributed by atoms with Crippen LogP contribution in [0.1, 0.15) is 6.92 Å². The van der Waals surface area contributed by atoms with E-state index in [1.54, 1.807) is 0 Å². The molecule has 0 aromatic carbocycles. The van der Waals surface area contributed by atoms with Gasteiger partial charge < -0.3 is 20.4 Å². The van der Waals surface area contributed by atoms with Crippen molar-refractivity contribution in [1.82, 2.24) is 4.90 Å². The number of nitrogens with zero attached hydrogens (tertiary/aromatic N) is 1. The summed E-state index contributed by atoms with van der Waals surface area (Å²) in [5, 5.41) is 32.2. The number of hydrogen-bond acceptors (Lipinski definition) is 5. The number of aliphatic hydroxyl groups excluding tert-OH is 2. The molecule has 0 fully saturated rings. The van der Waals surface area contributed by atoms with Crippen LogP contribution in [0.4, 0.5) is 0 Å². The van der Waals surface area contributed by atoms with E-state index in [0.29, 0.717) is 13.1 Å². The van der Waals surface area contributed by atoms with Crippen LogP contribution in [0.15, 0.2) is 25.3 Å². The Morgan fingerprint density at radius 2 is 1.26 bits per heavy atom. The molecule has 0 saturated heterocycles. The van der Waals surface area contributed by atoms with Crippen LogP contribution in [0, 0.1) is 0 Å². The van der Waals surface area contributed by atoms with Crippen molar-refractivity contribution in [3.8, 4) is 0 Å². The van der Waals surface area contributed by atoms with Crippen molar-refractivity contribution in [1.29, 1.82) is 0 Å². The van der Waals surface area contributed by atoms with Gasteiger partial charge in [-0.15, -0.1) is 0 Å². The Hall–Kier alpha value is -1.70. The van der Waals surface area contributed by atoms with Gasteiger partial charge in [0, 0.05) is 25.2 Å². The lowest BCUT2D eigenvalue weighted by Gasteiger charge is -2.16. The molecule has 0 unspecified atom stereocenters. The summed E-state index contributed by atoms with van der Waals surface area (Å²) in [5.74, 6) is -1.96. The predicted octanol–water partition coefficient (Wildman–Crippen LogP) is -0.193. The molecule has 0 aromatic heterocycles.